The van der Waals surface area contributed by atoms with Gasteiger partial charge in [0.25, 0.3) is 0 Å². The van der Waals surface area contributed by atoms with E-state index >= 15 is 0 Å². The van der Waals surface area contributed by atoms with Crippen molar-refractivity contribution >= 4 is 15.2 Å². The van der Waals surface area contributed by atoms with Crippen molar-refractivity contribution in [2.24, 2.45) is 0 Å². The zero-order chi connectivity index (χ0) is 11.6. The molecule has 0 aromatic heterocycles. The standard InChI is InChI=1S/C6H12O6P2/c1-3-6(14(10,11)12)5(2)4-13(7,8)9/h3-4,6H,1H2,2H3,(H2,7,8,9)(H2,10,11,12). The van der Waals surface area contributed by atoms with Crippen molar-refractivity contribution < 1.29 is 28.7 Å². The lowest BCUT2D eigenvalue weighted by molar-refractivity contribution is 0.369. The third kappa shape index (κ3) is 4.86. The Morgan fingerprint density at radius 2 is 1.71 bits per heavy atom. The molecule has 0 bridgehead atoms. The van der Waals surface area contributed by atoms with Gasteiger partial charge in [0.05, 0.1) is 0 Å². The van der Waals surface area contributed by atoms with Gasteiger partial charge in [-0.2, -0.15) is 0 Å². The third-order valence-electron chi connectivity index (χ3n) is 1.42. The van der Waals surface area contributed by atoms with Crippen LogP contribution in [0.25, 0.3) is 0 Å². The summed E-state index contributed by atoms with van der Waals surface area (Å²) in [6.07, 6.45) is 0.961. The van der Waals surface area contributed by atoms with Gasteiger partial charge in [-0.3, -0.25) is 9.13 Å². The second-order valence-electron chi connectivity index (χ2n) is 2.73. The van der Waals surface area contributed by atoms with Crippen LogP contribution in [0.4, 0.5) is 0 Å². The molecule has 0 aromatic rings. The van der Waals surface area contributed by atoms with Crippen LogP contribution in [-0.4, -0.2) is 25.2 Å². The maximum Gasteiger partial charge on any atom is 0.349 e. The van der Waals surface area contributed by atoms with E-state index in [1.807, 2.05) is 0 Å². The second kappa shape index (κ2) is 4.53. The molecule has 0 saturated heterocycles. The molecule has 8 heteroatoms. The molecule has 0 aliphatic heterocycles. The Kier molecular flexibility index (Phi) is 4.46. The number of hydrogen-bond donors (Lipinski definition) is 4. The lowest BCUT2D eigenvalue weighted by Gasteiger charge is -2.14. The molecule has 0 radical (unpaired) electrons. The zero-order valence-corrected chi connectivity index (χ0v) is 9.23. The fourth-order valence-corrected chi connectivity index (χ4v) is 2.62. The third-order valence-corrected chi connectivity index (χ3v) is 3.51. The smallest absolute Gasteiger partial charge is 0.324 e. The van der Waals surface area contributed by atoms with E-state index in [-0.39, 0.29) is 5.57 Å². The predicted octanol–water partition coefficient (Wildman–Crippen LogP) is 0.800. The first-order valence-corrected chi connectivity index (χ1v) is 6.86. The quantitative estimate of drug-likeness (QED) is 0.428. The minimum atomic E-state index is -4.45. The van der Waals surface area contributed by atoms with Gasteiger partial charge in [-0.05, 0) is 12.5 Å². The van der Waals surface area contributed by atoms with E-state index < -0.39 is 20.9 Å². The van der Waals surface area contributed by atoms with Gasteiger partial charge in [0.2, 0.25) is 0 Å². The Labute approximate surface area is 81.3 Å². The molecule has 1 unspecified atom stereocenters. The first-order chi connectivity index (χ1) is 6.08. The molecule has 0 saturated carbocycles. The summed E-state index contributed by atoms with van der Waals surface area (Å²) in [5, 5.41) is 0. The monoisotopic (exact) mass is 242 g/mol. The average molecular weight is 242 g/mol. The first kappa shape index (κ1) is 13.8. The highest BCUT2D eigenvalue weighted by atomic mass is 31.2. The van der Waals surface area contributed by atoms with Crippen molar-refractivity contribution in [1.29, 1.82) is 0 Å². The van der Waals surface area contributed by atoms with Crippen LogP contribution in [0.3, 0.4) is 0 Å². The van der Waals surface area contributed by atoms with Crippen LogP contribution in [0.15, 0.2) is 24.0 Å². The molecule has 0 aliphatic carbocycles. The van der Waals surface area contributed by atoms with E-state index in [0.717, 1.165) is 6.08 Å². The summed E-state index contributed by atoms with van der Waals surface area (Å²) in [6, 6.07) is 0. The lowest BCUT2D eigenvalue weighted by Crippen LogP contribution is -2.06. The van der Waals surface area contributed by atoms with E-state index in [1.165, 1.54) is 6.92 Å². The van der Waals surface area contributed by atoms with E-state index in [2.05, 4.69) is 6.58 Å². The molecule has 82 valence electrons. The van der Waals surface area contributed by atoms with Crippen molar-refractivity contribution in [3.8, 4) is 0 Å². The van der Waals surface area contributed by atoms with Gasteiger partial charge in [0.1, 0.15) is 5.66 Å². The van der Waals surface area contributed by atoms with E-state index in [0.29, 0.717) is 5.82 Å². The van der Waals surface area contributed by atoms with Gasteiger partial charge < -0.3 is 19.6 Å². The Hall–Kier alpha value is -0.220. The highest BCUT2D eigenvalue weighted by Crippen LogP contribution is 2.48. The lowest BCUT2D eigenvalue weighted by atomic mass is 10.2. The summed E-state index contributed by atoms with van der Waals surface area (Å²) in [6.45, 7) is 4.42. The molecule has 0 amide bonds. The van der Waals surface area contributed by atoms with Crippen molar-refractivity contribution in [3.63, 3.8) is 0 Å². The van der Waals surface area contributed by atoms with Crippen molar-refractivity contribution in [3.05, 3.63) is 24.0 Å². The fourth-order valence-electron chi connectivity index (χ4n) is 0.930. The molecule has 0 heterocycles. The maximum absolute atomic E-state index is 10.8. The Bertz CT molecular complexity index is 334. The molecule has 1 atom stereocenters. The SMILES string of the molecule is C=CC(C(C)=CP(=O)(O)O)P(=O)(O)O. The van der Waals surface area contributed by atoms with Gasteiger partial charge in [0, 0.05) is 5.82 Å². The molecular formula is C6H12O6P2. The van der Waals surface area contributed by atoms with Crippen LogP contribution in [0.2, 0.25) is 0 Å². The molecule has 6 nitrogen and oxygen atoms in total. The first-order valence-electron chi connectivity index (χ1n) is 3.50. The topological polar surface area (TPSA) is 115 Å². The van der Waals surface area contributed by atoms with Gasteiger partial charge in [-0.25, -0.2) is 0 Å². The van der Waals surface area contributed by atoms with Crippen LogP contribution >= 0.6 is 15.2 Å². The van der Waals surface area contributed by atoms with Crippen LogP contribution in [0, 0.1) is 0 Å². The Balaban J connectivity index is 5.10. The van der Waals surface area contributed by atoms with Crippen LogP contribution in [0.1, 0.15) is 6.92 Å². The second-order valence-corrected chi connectivity index (χ2v) is 5.90. The van der Waals surface area contributed by atoms with Gasteiger partial charge in [-0.1, -0.05) is 6.08 Å². The van der Waals surface area contributed by atoms with Gasteiger partial charge in [0.15, 0.2) is 0 Å². The van der Waals surface area contributed by atoms with Crippen molar-refractivity contribution in [2.75, 3.05) is 0 Å². The predicted molar refractivity (Wildman–Crippen MR) is 51.8 cm³/mol. The molecule has 14 heavy (non-hydrogen) atoms. The number of allylic oxidation sites excluding steroid dienone is 2. The fraction of sp³-hybridized carbons (Fsp3) is 0.333. The van der Waals surface area contributed by atoms with Gasteiger partial charge in [-0.15, -0.1) is 6.58 Å². The minimum Gasteiger partial charge on any atom is -0.324 e. The Morgan fingerprint density at radius 3 is 1.93 bits per heavy atom. The minimum absolute atomic E-state index is 0.0957. The summed E-state index contributed by atoms with van der Waals surface area (Å²) in [5.74, 6) is 0.526. The van der Waals surface area contributed by atoms with Crippen molar-refractivity contribution in [2.45, 2.75) is 12.6 Å². The summed E-state index contributed by atoms with van der Waals surface area (Å²) in [5.41, 5.74) is -1.45. The Morgan fingerprint density at radius 1 is 1.29 bits per heavy atom. The molecule has 0 spiro atoms. The molecule has 0 aliphatic rings. The molecule has 0 aromatic carbocycles. The van der Waals surface area contributed by atoms with Crippen LogP contribution < -0.4 is 0 Å². The largest absolute Gasteiger partial charge is 0.349 e. The molecule has 0 fully saturated rings. The normalized spacial score (nSPS) is 16.5. The van der Waals surface area contributed by atoms with Gasteiger partial charge >= 0.3 is 15.2 Å². The molecule has 4 N–H and O–H groups in total. The van der Waals surface area contributed by atoms with E-state index in [1.54, 1.807) is 0 Å². The molecular weight excluding hydrogens is 230 g/mol. The summed E-state index contributed by atoms with van der Waals surface area (Å²) in [7, 11) is -8.86. The number of rotatable bonds is 4. The zero-order valence-electron chi connectivity index (χ0n) is 7.44. The van der Waals surface area contributed by atoms with E-state index in [9.17, 15) is 9.13 Å². The van der Waals surface area contributed by atoms with Crippen molar-refractivity contribution in [1.82, 2.24) is 0 Å². The summed E-state index contributed by atoms with van der Waals surface area (Å²) < 4.78 is 21.3. The maximum atomic E-state index is 10.8. The summed E-state index contributed by atoms with van der Waals surface area (Å²) >= 11 is 0. The highest BCUT2D eigenvalue weighted by molar-refractivity contribution is 7.55. The van der Waals surface area contributed by atoms with E-state index in [4.69, 9.17) is 19.6 Å². The highest BCUT2D eigenvalue weighted by Gasteiger charge is 2.28. The number of hydrogen-bond acceptors (Lipinski definition) is 2. The average Bonchev–Trinajstić information content (AvgIpc) is 1.79. The van der Waals surface area contributed by atoms with Crippen LogP contribution in [0.5, 0.6) is 0 Å². The molecule has 0 rings (SSSR count). The van der Waals surface area contributed by atoms with Crippen LogP contribution in [-0.2, 0) is 9.13 Å². The summed E-state index contributed by atoms with van der Waals surface area (Å²) in [4.78, 5) is 34.7.